The van der Waals surface area contributed by atoms with Gasteiger partial charge in [-0.3, -0.25) is 9.59 Å². The average Bonchev–Trinajstić information content (AvgIpc) is 3.07. The summed E-state index contributed by atoms with van der Waals surface area (Å²) >= 11 is 0. The molecule has 1 aromatic heterocycles. The molecule has 2 aliphatic rings. The number of benzene rings is 1. The minimum atomic E-state index is -0.968. The van der Waals surface area contributed by atoms with Gasteiger partial charge in [0.1, 0.15) is 5.60 Å². The highest BCUT2D eigenvalue weighted by atomic mass is 19.1. The number of nitrogens with two attached hydrogens (primary N) is 1. The number of hydrogen-bond donors (Lipinski definition) is 3. The summed E-state index contributed by atoms with van der Waals surface area (Å²) in [5.74, 6) is 5.60. The minimum absolute atomic E-state index is 0.0735. The molecule has 1 fully saturated rings. The second-order valence-corrected chi connectivity index (χ2v) is 9.27. The molecule has 1 unspecified atom stereocenters. The van der Waals surface area contributed by atoms with Gasteiger partial charge in [0.15, 0.2) is 0 Å². The molecule has 4 rings (SSSR count). The van der Waals surface area contributed by atoms with E-state index in [-0.39, 0.29) is 18.4 Å². The lowest BCUT2D eigenvalue weighted by molar-refractivity contribution is -0.120. The Morgan fingerprint density at radius 3 is 2.82 bits per heavy atom. The fraction of sp³-hybridized carbons (Fsp3) is 0.379. The number of ether oxygens (including phenoxy) is 1. The number of amides is 2. The van der Waals surface area contributed by atoms with Gasteiger partial charge < -0.3 is 25.8 Å². The molecule has 39 heavy (non-hydrogen) atoms. The summed E-state index contributed by atoms with van der Waals surface area (Å²) in [4.78, 5) is 31.0. The van der Waals surface area contributed by atoms with E-state index in [4.69, 9.17) is 10.5 Å². The maximum absolute atomic E-state index is 13.1. The van der Waals surface area contributed by atoms with Gasteiger partial charge in [-0.2, -0.15) is 4.39 Å². The SMILES string of the molecule is CNC1CCc2ccc(C#CC3(O)CCOCC3)cc2N(C)C1=O.N/C=C(\C=NC=O)Cc1cccnc1F. The van der Waals surface area contributed by atoms with Crippen LogP contribution in [0.4, 0.5) is 10.1 Å². The molecule has 9 nitrogen and oxygen atoms in total. The molecule has 10 heteroatoms. The van der Waals surface area contributed by atoms with Crippen LogP contribution in [0.3, 0.4) is 0 Å². The first kappa shape index (κ1) is 29.6. The van der Waals surface area contributed by atoms with Crippen LogP contribution >= 0.6 is 0 Å². The highest BCUT2D eigenvalue weighted by Crippen LogP contribution is 2.27. The van der Waals surface area contributed by atoms with Gasteiger partial charge in [-0.25, -0.2) is 9.98 Å². The molecular formula is C29H34FN5O4. The van der Waals surface area contributed by atoms with Crippen LogP contribution in [0.25, 0.3) is 0 Å². The van der Waals surface area contributed by atoms with Crippen molar-refractivity contribution >= 4 is 24.2 Å². The molecule has 0 bridgehead atoms. The number of likely N-dealkylation sites (N-methyl/N-ethyl adjacent to an activating group) is 2. The van der Waals surface area contributed by atoms with E-state index >= 15 is 0 Å². The first-order valence-electron chi connectivity index (χ1n) is 12.7. The monoisotopic (exact) mass is 535 g/mol. The van der Waals surface area contributed by atoms with Crippen LogP contribution in [0.2, 0.25) is 0 Å². The summed E-state index contributed by atoms with van der Waals surface area (Å²) in [6.07, 6.45) is 7.30. The summed E-state index contributed by atoms with van der Waals surface area (Å²) in [6, 6.07) is 9.02. The van der Waals surface area contributed by atoms with E-state index in [9.17, 15) is 19.1 Å². The molecule has 4 N–H and O–H groups in total. The molecular weight excluding hydrogens is 501 g/mol. The Kier molecular flexibility index (Phi) is 10.9. The van der Waals surface area contributed by atoms with E-state index in [1.165, 1.54) is 18.6 Å². The second-order valence-electron chi connectivity index (χ2n) is 9.27. The zero-order valence-electron chi connectivity index (χ0n) is 22.2. The molecule has 0 spiro atoms. The van der Waals surface area contributed by atoms with Gasteiger partial charge in [-0.1, -0.05) is 24.0 Å². The lowest BCUT2D eigenvalue weighted by atomic mass is 9.94. The number of nitrogens with one attached hydrogen (secondary N) is 1. The zero-order valence-corrected chi connectivity index (χ0v) is 22.2. The number of aryl methyl sites for hydroxylation is 1. The van der Waals surface area contributed by atoms with Gasteiger partial charge in [0.2, 0.25) is 18.3 Å². The van der Waals surface area contributed by atoms with Crippen molar-refractivity contribution in [1.82, 2.24) is 10.3 Å². The Morgan fingerprint density at radius 1 is 1.38 bits per heavy atom. The van der Waals surface area contributed by atoms with Crippen LogP contribution in [0.15, 0.2) is 53.3 Å². The predicted octanol–water partition coefficient (Wildman–Crippen LogP) is 1.91. The fourth-order valence-electron chi connectivity index (χ4n) is 4.28. The van der Waals surface area contributed by atoms with Crippen LogP contribution in [-0.4, -0.2) is 67.6 Å². The number of aliphatic imine (C=N–C) groups is 1. The van der Waals surface area contributed by atoms with Crippen molar-refractivity contribution in [3.05, 3.63) is 70.9 Å². The van der Waals surface area contributed by atoms with Crippen LogP contribution in [-0.2, 0) is 27.2 Å². The van der Waals surface area contributed by atoms with Crippen molar-refractivity contribution in [3.8, 4) is 11.8 Å². The van der Waals surface area contributed by atoms with E-state index in [2.05, 4.69) is 27.1 Å². The highest BCUT2D eigenvalue weighted by molar-refractivity contribution is 5.98. The number of pyridine rings is 1. The summed E-state index contributed by atoms with van der Waals surface area (Å²) < 4.78 is 18.4. The number of anilines is 1. The number of aromatic nitrogens is 1. The Bertz CT molecular complexity index is 1280. The minimum Gasteiger partial charge on any atom is -0.404 e. The van der Waals surface area contributed by atoms with E-state index < -0.39 is 11.5 Å². The zero-order chi connectivity index (χ0) is 28.3. The lowest BCUT2D eigenvalue weighted by Crippen LogP contribution is -2.42. The number of rotatable bonds is 5. The van der Waals surface area contributed by atoms with Crippen molar-refractivity contribution in [2.45, 2.75) is 43.7 Å². The van der Waals surface area contributed by atoms with Gasteiger partial charge in [-0.05, 0) is 55.4 Å². The third-order valence-electron chi connectivity index (χ3n) is 6.63. The maximum atomic E-state index is 13.1. The molecule has 0 saturated carbocycles. The van der Waals surface area contributed by atoms with E-state index in [0.29, 0.717) is 43.6 Å². The molecule has 1 atom stereocenters. The third kappa shape index (κ3) is 8.29. The van der Waals surface area contributed by atoms with Crippen LogP contribution in [0, 0.1) is 17.8 Å². The van der Waals surface area contributed by atoms with E-state index in [1.807, 2.05) is 25.2 Å². The highest BCUT2D eigenvalue weighted by Gasteiger charge is 2.28. The molecule has 3 heterocycles. The Hall–Kier alpha value is -3.91. The van der Waals surface area contributed by atoms with Crippen molar-refractivity contribution in [2.24, 2.45) is 10.7 Å². The maximum Gasteiger partial charge on any atom is 0.243 e. The second kappa shape index (κ2) is 14.3. The van der Waals surface area contributed by atoms with Crippen molar-refractivity contribution < 1.29 is 23.8 Å². The van der Waals surface area contributed by atoms with Crippen LogP contribution in [0.1, 0.15) is 36.0 Å². The largest absolute Gasteiger partial charge is 0.404 e. The Labute approximate surface area is 228 Å². The molecule has 2 aromatic rings. The number of aliphatic hydroxyl groups is 1. The molecule has 0 aliphatic carbocycles. The topological polar surface area (TPSA) is 130 Å². The van der Waals surface area contributed by atoms with Crippen LogP contribution in [0.5, 0.6) is 0 Å². The molecule has 2 amide bonds. The number of nitrogens with zero attached hydrogens (tertiary/aromatic N) is 3. The van der Waals surface area contributed by atoms with Gasteiger partial charge in [0, 0.05) is 55.5 Å². The number of hydrogen-bond acceptors (Lipinski definition) is 7. The first-order valence-corrected chi connectivity index (χ1v) is 12.7. The van der Waals surface area contributed by atoms with Gasteiger partial charge in [0.25, 0.3) is 0 Å². The van der Waals surface area contributed by atoms with Crippen molar-refractivity contribution in [1.29, 1.82) is 0 Å². The molecule has 206 valence electrons. The van der Waals surface area contributed by atoms with Gasteiger partial charge in [-0.15, -0.1) is 0 Å². The number of carbonyl (C=O) groups is 2. The standard InChI is InChI=1S/C19H24N2O3.C10H10FN3O/c1-20-16-6-5-15-4-3-14(13-17(15)21(2)18(16)22)7-8-19(23)9-11-24-12-10-19;11-10-9(2-1-3-14-10)4-8(5-12)6-13-7-15/h3-4,13,16,20,23H,5-6,9-12H2,1-2H3;1-3,5-7H,4,12H2/b;8-5-,13-6?. The number of carbonyl (C=O) groups excluding carboxylic acids is 2. The summed E-state index contributed by atoms with van der Waals surface area (Å²) in [5.41, 5.74) is 8.16. The molecule has 2 aliphatic heterocycles. The first-order chi connectivity index (χ1) is 18.8. The summed E-state index contributed by atoms with van der Waals surface area (Å²) in [6.45, 7) is 1.08. The average molecular weight is 536 g/mol. The fourth-order valence-corrected chi connectivity index (χ4v) is 4.28. The van der Waals surface area contributed by atoms with Crippen LogP contribution < -0.4 is 16.0 Å². The summed E-state index contributed by atoms with van der Waals surface area (Å²) in [7, 11) is 3.62. The van der Waals surface area contributed by atoms with E-state index in [0.717, 1.165) is 29.7 Å². The van der Waals surface area contributed by atoms with Crippen molar-refractivity contribution in [2.75, 3.05) is 32.2 Å². The predicted molar refractivity (Wildman–Crippen MR) is 148 cm³/mol. The molecule has 1 aromatic carbocycles. The normalized spacial score (nSPS) is 18.8. The summed E-state index contributed by atoms with van der Waals surface area (Å²) in [5, 5.41) is 13.5. The quantitative estimate of drug-likeness (QED) is 0.231. The smallest absolute Gasteiger partial charge is 0.243 e. The Morgan fingerprint density at radius 2 is 2.15 bits per heavy atom. The molecule has 0 radical (unpaired) electrons. The molecule has 1 saturated heterocycles. The number of halogens is 1. The third-order valence-corrected chi connectivity index (χ3v) is 6.63. The van der Waals surface area contributed by atoms with Gasteiger partial charge >= 0.3 is 0 Å². The number of allylic oxidation sites excluding steroid dienone is 1. The number of fused-ring (bicyclic) bond motifs is 1. The van der Waals surface area contributed by atoms with Gasteiger partial charge in [0.05, 0.1) is 19.3 Å². The Balaban J connectivity index is 0.000000242. The van der Waals surface area contributed by atoms with Crippen molar-refractivity contribution in [3.63, 3.8) is 0 Å². The lowest BCUT2D eigenvalue weighted by Gasteiger charge is -2.26. The van der Waals surface area contributed by atoms with E-state index in [1.54, 1.807) is 24.1 Å².